The van der Waals surface area contributed by atoms with Crippen molar-refractivity contribution in [1.82, 2.24) is 15.2 Å². The number of benzene rings is 1. The van der Waals surface area contributed by atoms with Crippen molar-refractivity contribution in [1.29, 1.82) is 0 Å². The first-order valence-electron chi connectivity index (χ1n) is 9.06. The largest absolute Gasteiger partial charge is 0.444 e. The molecule has 0 saturated carbocycles. The normalized spacial score (nSPS) is 19.9. The number of pyridine rings is 1. The zero-order valence-corrected chi connectivity index (χ0v) is 15.8. The van der Waals surface area contributed by atoms with Crippen molar-refractivity contribution in [2.45, 2.75) is 44.9 Å². The van der Waals surface area contributed by atoms with Crippen molar-refractivity contribution < 1.29 is 19.4 Å². The number of likely N-dealkylation sites (tertiary alicyclic amines) is 1. The monoisotopic (exact) mass is 371 g/mol. The van der Waals surface area contributed by atoms with Gasteiger partial charge < -0.3 is 20.1 Å². The van der Waals surface area contributed by atoms with E-state index in [2.05, 4.69) is 10.3 Å². The number of hydrogen-bond acceptors (Lipinski definition) is 5. The maximum atomic E-state index is 12.7. The van der Waals surface area contributed by atoms with Crippen molar-refractivity contribution in [3.8, 4) is 0 Å². The van der Waals surface area contributed by atoms with E-state index in [1.807, 2.05) is 18.2 Å². The van der Waals surface area contributed by atoms with E-state index in [1.54, 1.807) is 39.1 Å². The summed E-state index contributed by atoms with van der Waals surface area (Å²) in [5, 5.41) is 13.9. The van der Waals surface area contributed by atoms with Gasteiger partial charge in [0.1, 0.15) is 5.60 Å². The highest BCUT2D eigenvalue weighted by molar-refractivity contribution is 6.05. The zero-order chi connectivity index (χ0) is 19.6. The molecule has 2 aromatic rings. The first-order chi connectivity index (χ1) is 12.8. The van der Waals surface area contributed by atoms with Crippen molar-refractivity contribution in [2.75, 3.05) is 13.1 Å². The molecule has 0 radical (unpaired) electrons. The summed E-state index contributed by atoms with van der Waals surface area (Å²) in [7, 11) is 0. The Morgan fingerprint density at radius 3 is 2.78 bits per heavy atom. The van der Waals surface area contributed by atoms with Gasteiger partial charge in [-0.25, -0.2) is 4.79 Å². The fourth-order valence-electron chi connectivity index (χ4n) is 3.21. The maximum absolute atomic E-state index is 12.7. The molecule has 1 fully saturated rings. The number of aliphatic hydroxyl groups is 1. The third-order valence-electron chi connectivity index (χ3n) is 4.49. The van der Waals surface area contributed by atoms with Gasteiger partial charge in [0.25, 0.3) is 5.91 Å². The molecule has 27 heavy (non-hydrogen) atoms. The van der Waals surface area contributed by atoms with E-state index in [1.165, 1.54) is 4.90 Å². The van der Waals surface area contributed by atoms with Crippen LogP contribution in [0.15, 0.2) is 36.5 Å². The van der Waals surface area contributed by atoms with Gasteiger partial charge in [0.05, 0.1) is 23.2 Å². The van der Waals surface area contributed by atoms with Crippen molar-refractivity contribution in [3.63, 3.8) is 0 Å². The van der Waals surface area contributed by atoms with Gasteiger partial charge >= 0.3 is 6.09 Å². The summed E-state index contributed by atoms with van der Waals surface area (Å²) < 4.78 is 5.40. The number of fused-ring (bicyclic) bond motifs is 1. The summed E-state index contributed by atoms with van der Waals surface area (Å²) in [6.45, 7) is 5.92. The van der Waals surface area contributed by atoms with Crippen LogP contribution in [0.5, 0.6) is 0 Å². The van der Waals surface area contributed by atoms with Gasteiger partial charge in [-0.15, -0.1) is 0 Å². The highest BCUT2D eigenvalue weighted by Gasteiger charge is 2.38. The van der Waals surface area contributed by atoms with Crippen LogP contribution in [0, 0.1) is 0 Å². The summed E-state index contributed by atoms with van der Waals surface area (Å²) in [5.74, 6) is -0.289. The molecule has 0 unspecified atom stereocenters. The predicted octanol–water partition coefficient (Wildman–Crippen LogP) is 2.33. The fraction of sp³-hybridized carbons (Fsp3) is 0.450. The quantitative estimate of drug-likeness (QED) is 0.864. The second kappa shape index (κ2) is 7.52. The van der Waals surface area contributed by atoms with E-state index < -0.39 is 23.8 Å². The molecule has 2 heterocycles. The van der Waals surface area contributed by atoms with Crippen LogP contribution in [0.2, 0.25) is 0 Å². The number of nitrogens with one attached hydrogen (secondary N) is 1. The van der Waals surface area contributed by atoms with Gasteiger partial charge in [0.15, 0.2) is 0 Å². The second-order valence-corrected chi connectivity index (χ2v) is 7.69. The molecule has 2 N–H and O–H groups in total. The molecule has 7 heteroatoms. The highest BCUT2D eigenvalue weighted by Crippen LogP contribution is 2.21. The third kappa shape index (κ3) is 4.36. The highest BCUT2D eigenvalue weighted by atomic mass is 16.6. The smallest absolute Gasteiger partial charge is 0.410 e. The molecular weight excluding hydrogens is 346 g/mol. The number of aliphatic hydroxyl groups excluding tert-OH is 1. The summed E-state index contributed by atoms with van der Waals surface area (Å²) in [6.07, 6.45) is 0.910. The summed E-state index contributed by atoms with van der Waals surface area (Å²) in [5.41, 5.74) is 0.463. The molecule has 0 spiro atoms. The van der Waals surface area contributed by atoms with Crippen LogP contribution in [0.1, 0.15) is 37.6 Å². The number of carbonyl (C=O) groups excluding carboxylic acids is 2. The van der Waals surface area contributed by atoms with E-state index in [4.69, 9.17) is 4.74 Å². The lowest BCUT2D eigenvalue weighted by molar-refractivity contribution is 0.0155. The summed E-state index contributed by atoms with van der Waals surface area (Å²) >= 11 is 0. The molecule has 144 valence electrons. The van der Waals surface area contributed by atoms with Crippen LogP contribution in [0.4, 0.5) is 4.79 Å². The molecule has 7 nitrogen and oxygen atoms in total. The molecular formula is C20H25N3O4. The summed E-state index contributed by atoms with van der Waals surface area (Å²) in [6, 6.07) is 8.59. The zero-order valence-electron chi connectivity index (χ0n) is 15.8. The molecule has 0 bridgehead atoms. The minimum atomic E-state index is -0.705. The fourth-order valence-corrected chi connectivity index (χ4v) is 3.21. The third-order valence-corrected chi connectivity index (χ3v) is 4.49. The van der Waals surface area contributed by atoms with E-state index in [-0.39, 0.29) is 12.5 Å². The molecule has 1 aromatic heterocycles. The first kappa shape index (κ1) is 19.1. The molecule has 1 aliphatic rings. The van der Waals surface area contributed by atoms with Gasteiger partial charge in [-0.1, -0.05) is 18.2 Å². The first-order valence-corrected chi connectivity index (χ1v) is 9.06. The Hall–Kier alpha value is -2.67. The molecule has 1 saturated heterocycles. The Bertz CT molecular complexity index is 841. The lowest BCUT2D eigenvalue weighted by Crippen LogP contribution is -2.48. The average Bonchev–Trinajstić information content (AvgIpc) is 2.98. The topological polar surface area (TPSA) is 91.8 Å². The number of hydrogen-bond donors (Lipinski definition) is 2. The number of carbonyl (C=O) groups is 2. The van der Waals surface area contributed by atoms with E-state index in [0.29, 0.717) is 24.0 Å². The van der Waals surface area contributed by atoms with Crippen LogP contribution in [-0.4, -0.2) is 57.8 Å². The molecule has 1 aromatic carbocycles. The van der Waals surface area contributed by atoms with E-state index >= 15 is 0 Å². The van der Waals surface area contributed by atoms with Crippen LogP contribution in [0.3, 0.4) is 0 Å². The number of rotatable bonds is 3. The van der Waals surface area contributed by atoms with E-state index in [9.17, 15) is 14.7 Å². The number of para-hydroxylation sites is 1. The number of amides is 2. The molecule has 2 amide bonds. The Labute approximate surface area is 158 Å². The predicted molar refractivity (Wildman–Crippen MR) is 101 cm³/mol. The van der Waals surface area contributed by atoms with Crippen molar-refractivity contribution >= 4 is 22.9 Å². The number of aromatic nitrogens is 1. The maximum Gasteiger partial charge on any atom is 0.410 e. The van der Waals surface area contributed by atoms with Crippen LogP contribution >= 0.6 is 0 Å². The molecule has 3 rings (SSSR count). The van der Waals surface area contributed by atoms with Gasteiger partial charge in [0, 0.05) is 24.7 Å². The van der Waals surface area contributed by atoms with Gasteiger partial charge in [-0.2, -0.15) is 0 Å². The van der Waals surface area contributed by atoms with Gasteiger partial charge in [-0.05, 0) is 39.3 Å². The minimum absolute atomic E-state index is 0.141. The Balaban J connectivity index is 1.70. The lowest BCUT2D eigenvalue weighted by Gasteiger charge is -2.29. The number of ether oxygens (including phenoxy) is 1. The van der Waals surface area contributed by atoms with Gasteiger partial charge in [-0.3, -0.25) is 9.78 Å². The molecule has 2 atom stereocenters. The Morgan fingerprint density at radius 1 is 1.30 bits per heavy atom. The number of nitrogens with zero attached hydrogens (tertiary/aromatic N) is 2. The molecule has 1 aliphatic heterocycles. The average molecular weight is 371 g/mol. The standard InChI is InChI=1S/C20H25N3O4/c1-20(2,3)27-19(26)23-11-9-16(24)15(23)12-22-18(25)14-8-4-6-13-7-5-10-21-17(13)14/h4-8,10,15-16,24H,9,11-12H2,1-3H3,(H,22,25)/t15-,16+/m1/s1. The summed E-state index contributed by atoms with van der Waals surface area (Å²) in [4.78, 5) is 30.8. The Morgan fingerprint density at radius 2 is 2.04 bits per heavy atom. The van der Waals surface area contributed by atoms with Crippen LogP contribution in [0.25, 0.3) is 10.9 Å². The van der Waals surface area contributed by atoms with Gasteiger partial charge in [0.2, 0.25) is 0 Å². The van der Waals surface area contributed by atoms with Crippen LogP contribution < -0.4 is 5.32 Å². The molecule has 0 aliphatic carbocycles. The minimum Gasteiger partial charge on any atom is -0.444 e. The van der Waals surface area contributed by atoms with E-state index in [0.717, 1.165) is 5.39 Å². The SMILES string of the molecule is CC(C)(C)OC(=O)N1CC[C@H](O)[C@H]1CNC(=O)c1cccc2cccnc12. The van der Waals surface area contributed by atoms with Crippen molar-refractivity contribution in [2.24, 2.45) is 0 Å². The Kier molecular flexibility index (Phi) is 5.32. The van der Waals surface area contributed by atoms with Crippen molar-refractivity contribution in [3.05, 3.63) is 42.1 Å². The lowest BCUT2D eigenvalue weighted by atomic mass is 10.1. The second-order valence-electron chi connectivity index (χ2n) is 7.69. The van der Waals surface area contributed by atoms with Crippen LogP contribution in [-0.2, 0) is 4.74 Å².